The van der Waals surface area contributed by atoms with Gasteiger partial charge in [-0.25, -0.2) is 0 Å². The maximum Gasteiger partial charge on any atom is 0.0314 e. The zero-order chi connectivity index (χ0) is 13.9. The maximum absolute atomic E-state index is 5.69. The van der Waals surface area contributed by atoms with Gasteiger partial charge in [-0.2, -0.15) is 0 Å². The van der Waals surface area contributed by atoms with Crippen LogP contribution in [0.4, 0.5) is 5.69 Å². The Kier molecular flexibility index (Phi) is 8.31. The second-order valence-electron chi connectivity index (χ2n) is 5.60. The third-order valence-corrected chi connectivity index (χ3v) is 3.58. The van der Waals surface area contributed by atoms with Crippen LogP contribution in [-0.4, -0.2) is 18.5 Å². The molecule has 1 rings (SSSR count). The molecule has 0 aromatic heterocycles. The van der Waals surface area contributed by atoms with Gasteiger partial charge in [-0.1, -0.05) is 57.6 Å². The van der Waals surface area contributed by atoms with E-state index in [0.29, 0.717) is 0 Å². The predicted octanol–water partition coefficient (Wildman–Crippen LogP) is 4.45. The van der Waals surface area contributed by atoms with Crippen LogP contribution in [0.1, 0.15) is 57.4 Å². The van der Waals surface area contributed by atoms with Crippen LogP contribution in [0.15, 0.2) is 24.3 Å². The number of hydrogen-bond acceptors (Lipinski definition) is 2. The van der Waals surface area contributed by atoms with Crippen LogP contribution in [-0.2, 0) is 6.54 Å². The van der Waals surface area contributed by atoms with E-state index in [4.69, 9.17) is 5.73 Å². The van der Waals surface area contributed by atoms with E-state index in [2.05, 4.69) is 31.0 Å². The third kappa shape index (κ3) is 7.89. The van der Waals surface area contributed by atoms with Crippen molar-refractivity contribution in [1.82, 2.24) is 4.90 Å². The Morgan fingerprint density at radius 2 is 1.47 bits per heavy atom. The van der Waals surface area contributed by atoms with Gasteiger partial charge in [0.2, 0.25) is 0 Å². The molecule has 0 saturated heterocycles. The van der Waals surface area contributed by atoms with Gasteiger partial charge in [0.1, 0.15) is 0 Å². The number of rotatable bonds is 10. The molecule has 0 saturated carbocycles. The van der Waals surface area contributed by atoms with E-state index in [-0.39, 0.29) is 0 Å². The van der Waals surface area contributed by atoms with Gasteiger partial charge in [0.15, 0.2) is 0 Å². The lowest BCUT2D eigenvalue weighted by Gasteiger charge is -2.16. The Bertz CT molecular complexity index is 319. The molecular weight excluding hydrogens is 232 g/mol. The van der Waals surface area contributed by atoms with Gasteiger partial charge in [0.25, 0.3) is 0 Å². The molecule has 1 aromatic rings. The van der Waals surface area contributed by atoms with Crippen LogP contribution < -0.4 is 5.73 Å². The van der Waals surface area contributed by atoms with Crippen molar-refractivity contribution in [1.29, 1.82) is 0 Å². The molecule has 0 heterocycles. The smallest absolute Gasteiger partial charge is 0.0314 e. The molecule has 19 heavy (non-hydrogen) atoms. The number of nitrogen functional groups attached to an aromatic ring is 1. The molecule has 2 nitrogen and oxygen atoms in total. The van der Waals surface area contributed by atoms with E-state index < -0.39 is 0 Å². The van der Waals surface area contributed by atoms with Crippen LogP contribution in [0.2, 0.25) is 0 Å². The molecule has 0 fully saturated rings. The topological polar surface area (TPSA) is 29.3 Å². The second kappa shape index (κ2) is 9.85. The number of anilines is 1. The van der Waals surface area contributed by atoms with Gasteiger partial charge >= 0.3 is 0 Å². The summed E-state index contributed by atoms with van der Waals surface area (Å²) in [7, 11) is 2.20. The van der Waals surface area contributed by atoms with Crippen molar-refractivity contribution >= 4 is 5.69 Å². The van der Waals surface area contributed by atoms with Crippen LogP contribution in [0.3, 0.4) is 0 Å². The predicted molar refractivity (Wildman–Crippen MR) is 85.2 cm³/mol. The van der Waals surface area contributed by atoms with Gasteiger partial charge in [-0.15, -0.1) is 0 Å². The van der Waals surface area contributed by atoms with Crippen molar-refractivity contribution in [2.45, 2.75) is 58.4 Å². The highest BCUT2D eigenvalue weighted by Crippen LogP contribution is 2.10. The van der Waals surface area contributed by atoms with E-state index in [1.807, 2.05) is 12.1 Å². The van der Waals surface area contributed by atoms with Crippen molar-refractivity contribution in [3.63, 3.8) is 0 Å². The number of hydrogen-bond donors (Lipinski definition) is 1. The van der Waals surface area contributed by atoms with Gasteiger partial charge in [-0.05, 0) is 37.7 Å². The first kappa shape index (κ1) is 16.0. The third-order valence-electron chi connectivity index (χ3n) is 3.58. The average Bonchev–Trinajstić information content (AvgIpc) is 2.40. The van der Waals surface area contributed by atoms with Gasteiger partial charge in [0.05, 0.1) is 0 Å². The molecule has 0 spiro atoms. The summed E-state index contributed by atoms with van der Waals surface area (Å²) < 4.78 is 0. The summed E-state index contributed by atoms with van der Waals surface area (Å²) in [6, 6.07) is 8.21. The average molecular weight is 262 g/mol. The molecule has 0 unspecified atom stereocenters. The first-order valence-corrected chi connectivity index (χ1v) is 7.75. The lowest BCUT2D eigenvalue weighted by atomic mass is 10.1. The second-order valence-corrected chi connectivity index (χ2v) is 5.60. The Labute approximate surface area is 119 Å². The fourth-order valence-electron chi connectivity index (χ4n) is 2.35. The van der Waals surface area contributed by atoms with Gasteiger partial charge < -0.3 is 10.6 Å². The van der Waals surface area contributed by atoms with Crippen LogP contribution in [0, 0.1) is 0 Å². The minimum atomic E-state index is 0.846. The van der Waals surface area contributed by atoms with Crippen LogP contribution in [0.25, 0.3) is 0 Å². The zero-order valence-corrected chi connectivity index (χ0v) is 12.7. The monoisotopic (exact) mass is 262 g/mol. The minimum absolute atomic E-state index is 0.846. The molecule has 0 radical (unpaired) electrons. The summed E-state index contributed by atoms with van der Waals surface area (Å²) in [5.74, 6) is 0. The fourth-order valence-corrected chi connectivity index (χ4v) is 2.35. The molecule has 108 valence electrons. The molecule has 2 heteroatoms. The Morgan fingerprint density at radius 3 is 2.11 bits per heavy atom. The van der Waals surface area contributed by atoms with Crippen molar-refractivity contribution < 1.29 is 0 Å². The maximum atomic E-state index is 5.69. The summed E-state index contributed by atoms with van der Waals surface area (Å²) in [6.07, 6.45) is 9.65. The fraction of sp³-hybridized carbons (Fsp3) is 0.647. The lowest BCUT2D eigenvalue weighted by Crippen LogP contribution is -2.19. The van der Waals surface area contributed by atoms with E-state index in [0.717, 1.165) is 12.2 Å². The first-order valence-electron chi connectivity index (χ1n) is 7.75. The Hall–Kier alpha value is -1.02. The van der Waals surface area contributed by atoms with E-state index in [1.165, 1.54) is 57.1 Å². The molecule has 0 aliphatic heterocycles. The molecule has 2 N–H and O–H groups in total. The summed E-state index contributed by atoms with van der Waals surface area (Å²) in [6.45, 7) is 4.49. The lowest BCUT2D eigenvalue weighted by molar-refractivity contribution is 0.316. The largest absolute Gasteiger partial charge is 0.399 e. The molecule has 0 amide bonds. The molecule has 0 atom stereocenters. The SMILES string of the molecule is CCCCCCCCCN(C)Cc1ccc(N)cc1. The quantitative estimate of drug-likeness (QED) is 0.498. The van der Waals surface area contributed by atoms with Gasteiger partial charge in [-0.3, -0.25) is 0 Å². The highest BCUT2D eigenvalue weighted by atomic mass is 15.1. The van der Waals surface area contributed by atoms with Gasteiger partial charge in [0, 0.05) is 12.2 Å². The van der Waals surface area contributed by atoms with E-state index >= 15 is 0 Å². The van der Waals surface area contributed by atoms with Crippen molar-refractivity contribution in [3.8, 4) is 0 Å². The summed E-state index contributed by atoms with van der Waals surface area (Å²) in [4.78, 5) is 2.40. The van der Waals surface area contributed by atoms with Crippen LogP contribution >= 0.6 is 0 Å². The molecule has 0 aliphatic rings. The normalized spacial score (nSPS) is 11.1. The van der Waals surface area contributed by atoms with Crippen molar-refractivity contribution in [3.05, 3.63) is 29.8 Å². The summed E-state index contributed by atoms with van der Waals surface area (Å²) >= 11 is 0. The van der Waals surface area contributed by atoms with Crippen molar-refractivity contribution in [2.75, 3.05) is 19.3 Å². The molecule has 1 aromatic carbocycles. The minimum Gasteiger partial charge on any atom is -0.399 e. The number of nitrogens with zero attached hydrogens (tertiary/aromatic N) is 1. The molecular formula is C17H30N2. The summed E-state index contributed by atoms with van der Waals surface area (Å²) in [5.41, 5.74) is 7.88. The number of benzene rings is 1. The zero-order valence-electron chi connectivity index (χ0n) is 12.7. The molecule has 0 aliphatic carbocycles. The first-order chi connectivity index (χ1) is 9.22. The highest BCUT2D eigenvalue weighted by molar-refractivity contribution is 5.39. The van der Waals surface area contributed by atoms with Crippen LogP contribution in [0.5, 0.6) is 0 Å². The Balaban J connectivity index is 2.04. The molecule has 0 bridgehead atoms. The van der Waals surface area contributed by atoms with Crippen molar-refractivity contribution in [2.24, 2.45) is 0 Å². The Morgan fingerprint density at radius 1 is 0.895 bits per heavy atom. The number of unbranched alkanes of at least 4 members (excludes halogenated alkanes) is 6. The summed E-state index contributed by atoms with van der Waals surface area (Å²) in [5, 5.41) is 0. The standard InChI is InChI=1S/C17H30N2/c1-3-4-5-6-7-8-9-14-19(2)15-16-10-12-17(18)13-11-16/h10-13H,3-9,14-15,18H2,1-2H3. The van der Waals surface area contributed by atoms with E-state index in [1.54, 1.807) is 0 Å². The highest BCUT2D eigenvalue weighted by Gasteiger charge is 2.00. The van der Waals surface area contributed by atoms with E-state index in [9.17, 15) is 0 Å². The number of nitrogens with two attached hydrogens (primary N) is 1.